The SMILES string of the molecule is COc1cc(C(=O)N2CCN(C)[C@@H]3CS(=O)(=O)C[C@@H]32)c2ccccc2n1. The zero-order valence-corrected chi connectivity index (χ0v) is 15.6. The Morgan fingerprint density at radius 1 is 1.19 bits per heavy atom. The molecule has 2 fully saturated rings. The summed E-state index contributed by atoms with van der Waals surface area (Å²) in [5, 5.41) is 0.745. The predicted molar refractivity (Wildman–Crippen MR) is 98.2 cm³/mol. The molecule has 7 nitrogen and oxygen atoms in total. The molecule has 0 saturated carbocycles. The smallest absolute Gasteiger partial charge is 0.255 e. The quantitative estimate of drug-likeness (QED) is 0.772. The van der Waals surface area contributed by atoms with Crippen molar-refractivity contribution in [3.63, 3.8) is 0 Å². The number of aromatic nitrogens is 1. The molecule has 26 heavy (non-hydrogen) atoms. The van der Waals surface area contributed by atoms with Gasteiger partial charge in [0.15, 0.2) is 9.84 Å². The molecule has 0 radical (unpaired) electrons. The largest absolute Gasteiger partial charge is 0.481 e. The Morgan fingerprint density at radius 3 is 2.69 bits per heavy atom. The van der Waals surface area contributed by atoms with Crippen LogP contribution in [0.3, 0.4) is 0 Å². The Morgan fingerprint density at radius 2 is 1.92 bits per heavy atom. The van der Waals surface area contributed by atoms with E-state index >= 15 is 0 Å². The number of sulfone groups is 1. The number of hydrogen-bond acceptors (Lipinski definition) is 6. The van der Waals surface area contributed by atoms with E-state index in [9.17, 15) is 13.2 Å². The van der Waals surface area contributed by atoms with Crippen molar-refractivity contribution >= 4 is 26.6 Å². The molecule has 2 aliphatic rings. The topological polar surface area (TPSA) is 79.8 Å². The summed E-state index contributed by atoms with van der Waals surface area (Å²) in [6, 6.07) is 8.59. The molecule has 8 heteroatoms. The van der Waals surface area contributed by atoms with Gasteiger partial charge in [-0.25, -0.2) is 13.4 Å². The van der Waals surface area contributed by atoms with E-state index < -0.39 is 9.84 Å². The van der Waals surface area contributed by atoms with Crippen molar-refractivity contribution in [3.8, 4) is 5.88 Å². The highest BCUT2D eigenvalue weighted by atomic mass is 32.2. The van der Waals surface area contributed by atoms with Gasteiger partial charge in [-0.2, -0.15) is 0 Å². The fraction of sp³-hybridized carbons (Fsp3) is 0.444. The summed E-state index contributed by atoms with van der Waals surface area (Å²) in [6.45, 7) is 1.16. The molecule has 0 N–H and O–H groups in total. The van der Waals surface area contributed by atoms with Gasteiger partial charge < -0.3 is 9.64 Å². The molecule has 0 aliphatic carbocycles. The highest BCUT2D eigenvalue weighted by molar-refractivity contribution is 7.91. The number of ether oxygens (including phenoxy) is 1. The Hall–Kier alpha value is -2.19. The van der Waals surface area contributed by atoms with E-state index in [-0.39, 0.29) is 29.5 Å². The maximum absolute atomic E-state index is 13.4. The number of likely N-dealkylation sites (N-methyl/N-ethyl adjacent to an activating group) is 1. The number of amides is 1. The number of pyridine rings is 1. The van der Waals surface area contributed by atoms with Crippen LogP contribution in [0, 0.1) is 0 Å². The molecule has 3 heterocycles. The van der Waals surface area contributed by atoms with Crippen molar-refractivity contribution in [2.75, 3.05) is 38.8 Å². The van der Waals surface area contributed by atoms with Crippen LogP contribution in [0.2, 0.25) is 0 Å². The zero-order valence-electron chi connectivity index (χ0n) is 14.8. The first-order valence-corrected chi connectivity index (χ1v) is 10.4. The summed E-state index contributed by atoms with van der Waals surface area (Å²) in [5.41, 5.74) is 1.18. The lowest BCUT2D eigenvalue weighted by Gasteiger charge is -2.42. The van der Waals surface area contributed by atoms with Gasteiger partial charge in [0.05, 0.1) is 35.7 Å². The van der Waals surface area contributed by atoms with Crippen LogP contribution in [-0.2, 0) is 9.84 Å². The van der Waals surface area contributed by atoms with E-state index in [1.807, 2.05) is 36.2 Å². The lowest BCUT2D eigenvalue weighted by molar-refractivity contribution is 0.0411. The van der Waals surface area contributed by atoms with Gasteiger partial charge >= 0.3 is 0 Å². The minimum absolute atomic E-state index is 0.0217. The average molecular weight is 375 g/mol. The summed E-state index contributed by atoms with van der Waals surface area (Å²) in [6.07, 6.45) is 0. The standard InChI is InChI=1S/C18H21N3O4S/c1-20-7-8-21(16-11-26(23,24)10-15(16)20)18(22)13-9-17(25-2)19-14-6-4-3-5-12(13)14/h3-6,9,15-16H,7-8,10-11H2,1-2H3/t15-,16+/m1/s1. The molecule has 0 unspecified atom stereocenters. The van der Waals surface area contributed by atoms with Crippen LogP contribution < -0.4 is 4.74 Å². The van der Waals surface area contributed by atoms with E-state index in [4.69, 9.17) is 4.74 Å². The lowest BCUT2D eigenvalue weighted by Crippen LogP contribution is -2.59. The minimum Gasteiger partial charge on any atom is -0.481 e. The van der Waals surface area contributed by atoms with Crippen LogP contribution in [0.5, 0.6) is 5.88 Å². The van der Waals surface area contributed by atoms with Crippen LogP contribution in [0.4, 0.5) is 0 Å². The van der Waals surface area contributed by atoms with Crippen molar-refractivity contribution in [2.45, 2.75) is 12.1 Å². The number of benzene rings is 1. The van der Waals surface area contributed by atoms with Crippen molar-refractivity contribution in [1.82, 2.24) is 14.8 Å². The molecule has 0 spiro atoms. The Balaban J connectivity index is 1.77. The number of fused-ring (bicyclic) bond motifs is 2. The van der Waals surface area contributed by atoms with Crippen LogP contribution in [0.25, 0.3) is 10.9 Å². The summed E-state index contributed by atoms with van der Waals surface area (Å²) in [7, 11) is 0.298. The van der Waals surface area contributed by atoms with Gasteiger partial charge in [-0.3, -0.25) is 9.69 Å². The number of piperazine rings is 1. The molecule has 1 aromatic heterocycles. The molecule has 138 valence electrons. The monoisotopic (exact) mass is 375 g/mol. The molecule has 2 saturated heterocycles. The van der Waals surface area contributed by atoms with Gasteiger partial charge in [-0.1, -0.05) is 18.2 Å². The molecule has 2 atom stereocenters. The molecule has 1 amide bonds. The van der Waals surface area contributed by atoms with Crippen molar-refractivity contribution in [1.29, 1.82) is 0 Å². The normalized spacial score (nSPS) is 25.2. The van der Waals surface area contributed by atoms with Gasteiger partial charge in [0.2, 0.25) is 5.88 Å². The highest BCUT2D eigenvalue weighted by Crippen LogP contribution is 2.29. The fourth-order valence-electron chi connectivity index (χ4n) is 3.97. The first-order valence-electron chi connectivity index (χ1n) is 8.55. The number of para-hydroxylation sites is 1. The first-order chi connectivity index (χ1) is 12.4. The third-order valence-electron chi connectivity index (χ3n) is 5.35. The van der Waals surface area contributed by atoms with Gasteiger partial charge in [0, 0.05) is 30.6 Å². The van der Waals surface area contributed by atoms with Crippen molar-refractivity contribution in [3.05, 3.63) is 35.9 Å². The summed E-state index contributed by atoms with van der Waals surface area (Å²) in [4.78, 5) is 21.5. The molecule has 2 aliphatic heterocycles. The van der Waals surface area contributed by atoms with Crippen LogP contribution in [-0.4, -0.2) is 79.9 Å². The molecule has 2 aromatic rings. The van der Waals surface area contributed by atoms with Gasteiger partial charge in [0.1, 0.15) is 0 Å². The second-order valence-electron chi connectivity index (χ2n) is 6.92. The zero-order chi connectivity index (χ0) is 18.5. The van der Waals surface area contributed by atoms with E-state index in [0.29, 0.717) is 30.0 Å². The fourth-order valence-corrected chi connectivity index (χ4v) is 6.02. The second-order valence-corrected chi connectivity index (χ2v) is 9.07. The Bertz CT molecular complexity index is 976. The first kappa shape index (κ1) is 17.2. The Kier molecular flexibility index (Phi) is 4.11. The molecule has 0 bridgehead atoms. The number of nitrogens with zero attached hydrogens (tertiary/aromatic N) is 3. The van der Waals surface area contributed by atoms with E-state index in [1.54, 1.807) is 11.0 Å². The third-order valence-corrected chi connectivity index (χ3v) is 7.05. The molecular formula is C18H21N3O4S. The van der Waals surface area contributed by atoms with Crippen LogP contribution in [0.15, 0.2) is 30.3 Å². The van der Waals surface area contributed by atoms with E-state index in [0.717, 1.165) is 5.39 Å². The summed E-state index contributed by atoms with van der Waals surface area (Å²) in [5.74, 6) is 0.338. The molecule has 1 aromatic carbocycles. The number of hydrogen-bond donors (Lipinski definition) is 0. The van der Waals surface area contributed by atoms with Crippen LogP contribution >= 0.6 is 0 Å². The average Bonchev–Trinajstić information content (AvgIpc) is 2.96. The van der Waals surface area contributed by atoms with E-state index in [2.05, 4.69) is 4.98 Å². The highest BCUT2D eigenvalue weighted by Gasteiger charge is 2.47. The predicted octanol–water partition coefficient (Wildman–Crippen LogP) is 0.797. The number of carbonyl (C=O) groups is 1. The number of methoxy groups -OCH3 is 1. The van der Waals surface area contributed by atoms with Crippen molar-refractivity contribution < 1.29 is 17.9 Å². The summed E-state index contributed by atoms with van der Waals surface area (Å²) >= 11 is 0. The second kappa shape index (κ2) is 6.21. The van der Waals surface area contributed by atoms with E-state index in [1.165, 1.54) is 7.11 Å². The summed E-state index contributed by atoms with van der Waals surface area (Å²) < 4.78 is 29.6. The molecule has 4 rings (SSSR count). The number of carbonyl (C=O) groups excluding carboxylic acids is 1. The van der Waals surface area contributed by atoms with Crippen LogP contribution in [0.1, 0.15) is 10.4 Å². The minimum atomic E-state index is -3.14. The van der Waals surface area contributed by atoms with Gasteiger partial charge in [0.25, 0.3) is 5.91 Å². The Labute approximate surface area is 152 Å². The maximum Gasteiger partial charge on any atom is 0.255 e. The van der Waals surface area contributed by atoms with Gasteiger partial charge in [-0.05, 0) is 13.1 Å². The maximum atomic E-state index is 13.4. The third kappa shape index (κ3) is 2.83. The van der Waals surface area contributed by atoms with Crippen molar-refractivity contribution in [2.24, 2.45) is 0 Å². The van der Waals surface area contributed by atoms with Gasteiger partial charge in [-0.15, -0.1) is 0 Å². The number of rotatable bonds is 2. The molecular weight excluding hydrogens is 354 g/mol. The lowest BCUT2D eigenvalue weighted by atomic mass is 10.0.